The number of carbonyl (C=O) groups is 2. The predicted octanol–water partition coefficient (Wildman–Crippen LogP) is 2.66. The summed E-state index contributed by atoms with van der Waals surface area (Å²) in [6, 6.07) is 7.84. The number of imidazole rings is 1. The van der Waals surface area contributed by atoms with Gasteiger partial charge in [0.2, 0.25) is 5.91 Å². The highest BCUT2D eigenvalue weighted by Gasteiger charge is 2.32. The number of nitrogens with one attached hydrogen (secondary N) is 1. The fourth-order valence-electron chi connectivity index (χ4n) is 3.16. The number of hydrogen-bond donors (Lipinski definition) is 1. The number of ether oxygens (including phenoxy) is 1. The molecule has 26 heavy (non-hydrogen) atoms. The molecule has 1 fully saturated rings. The summed E-state index contributed by atoms with van der Waals surface area (Å²) in [6.45, 7) is 2.96. The molecule has 2 aliphatic heterocycles. The maximum atomic E-state index is 12.1. The van der Waals surface area contributed by atoms with Crippen molar-refractivity contribution in [2.45, 2.75) is 19.6 Å². The number of carbonyl (C=O) groups excluding carboxylic acids is 2. The van der Waals surface area contributed by atoms with Crippen LogP contribution < -0.4 is 10.2 Å². The molecule has 0 bridgehead atoms. The van der Waals surface area contributed by atoms with Crippen LogP contribution in [0.4, 0.5) is 10.5 Å². The number of amides is 2. The van der Waals surface area contributed by atoms with Crippen molar-refractivity contribution in [3.8, 4) is 0 Å². The lowest BCUT2D eigenvalue weighted by Gasteiger charge is -2.14. The third-order valence-electron chi connectivity index (χ3n) is 4.49. The Morgan fingerprint density at radius 2 is 2.15 bits per heavy atom. The highest BCUT2D eigenvalue weighted by atomic mass is 79.9. The van der Waals surface area contributed by atoms with E-state index in [1.165, 1.54) is 12.5 Å². The number of fused-ring (bicyclic) bond motifs is 1. The van der Waals surface area contributed by atoms with Crippen LogP contribution in [0.25, 0.3) is 11.6 Å². The van der Waals surface area contributed by atoms with Gasteiger partial charge in [-0.2, -0.15) is 0 Å². The molecular formula is C18H17BrN4O3. The Bertz CT molecular complexity index is 904. The van der Waals surface area contributed by atoms with Gasteiger partial charge in [0.1, 0.15) is 10.7 Å². The molecule has 2 aliphatic rings. The Morgan fingerprint density at radius 3 is 2.85 bits per heavy atom. The molecule has 7 nitrogen and oxygen atoms in total. The largest absolute Gasteiger partial charge is 0.442 e. The standard InChI is InChI=1S/C18H17BrN4O3/c1-11(24)20-7-15-9-23(18(25)26-15)14-4-2-12(3-5-14)13-6-16-17(19)21-10-22(16)8-13/h2-6,10,15H,7-9H2,1H3,(H,20,24)/t15-/m0/s1. The number of aromatic nitrogens is 2. The van der Waals surface area contributed by atoms with Gasteiger partial charge in [0.25, 0.3) is 0 Å². The second kappa shape index (κ2) is 6.60. The van der Waals surface area contributed by atoms with Crippen LogP contribution >= 0.6 is 15.9 Å². The minimum Gasteiger partial charge on any atom is -0.442 e. The van der Waals surface area contributed by atoms with Gasteiger partial charge in [-0.3, -0.25) is 9.69 Å². The van der Waals surface area contributed by atoms with E-state index in [0.717, 1.165) is 28.1 Å². The lowest BCUT2D eigenvalue weighted by Crippen LogP contribution is -2.33. The first-order chi connectivity index (χ1) is 12.5. The predicted molar refractivity (Wildman–Crippen MR) is 101 cm³/mol. The van der Waals surface area contributed by atoms with Crippen molar-refractivity contribution in [2.75, 3.05) is 18.0 Å². The monoisotopic (exact) mass is 416 g/mol. The molecule has 3 heterocycles. The molecule has 1 saturated heterocycles. The van der Waals surface area contributed by atoms with Gasteiger partial charge in [-0.05, 0) is 45.3 Å². The Kier molecular flexibility index (Phi) is 4.28. The summed E-state index contributed by atoms with van der Waals surface area (Å²) >= 11 is 3.45. The van der Waals surface area contributed by atoms with Crippen LogP contribution in [0.15, 0.2) is 35.2 Å². The summed E-state index contributed by atoms with van der Waals surface area (Å²) < 4.78 is 8.22. The molecule has 134 valence electrons. The van der Waals surface area contributed by atoms with E-state index in [2.05, 4.69) is 36.9 Å². The van der Waals surface area contributed by atoms with Crippen LogP contribution in [-0.4, -0.2) is 40.7 Å². The van der Waals surface area contributed by atoms with Gasteiger partial charge in [-0.15, -0.1) is 0 Å². The number of halogens is 1. The number of rotatable bonds is 4. The third kappa shape index (κ3) is 3.12. The first-order valence-corrected chi connectivity index (χ1v) is 9.05. The molecule has 0 unspecified atom stereocenters. The molecule has 1 N–H and O–H groups in total. The lowest BCUT2D eigenvalue weighted by atomic mass is 10.1. The van der Waals surface area contributed by atoms with Gasteiger partial charge in [-0.25, -0.2) is 9.78 Å². The summed E-state index contributed by atoms with van der Waals surface area (Å²) in [4.78, 5) is 28.9. The molecular weight excluding hydrogens is 400 g/mol. The fraction of sp³-hybridized carbons (Fsp3) is 0.278. The van der Waals surface area contributed by atoms with Crippen molar-refractivity contribution in [1.29, 1.82) is 0 Å². The Labute approximate surface area is 158 Å². The van der Waals surface area contributed by atoms with E-state index in [4.69, 9.17) is 4.74 Å². The maximum Gasteiger partial charge on any atom is 0.414 e. The van der Waals surface area contributed by atoms with E-state index in [1.807, 2.05) is 30.6 Å². The van der Waals surface area contributed by atoms with E-state index in [1.54, 1.807) is 4.90 Å². The van der Waals surface area contributed by atoms with Crippen LogP contribution in [0, 0.1) is 0 Å². The first kappa shape index (κ1) is 16.8. The minimum absolute atomic E-state index is 0.138. The van der Waals surface area contributed by atoms with Gasteiger partial charge in [0, 0.05) is 19.2 Å². The Balaban J connectivity index is 1.46. The van der Waals surface area contributed by atoms with Crippen LogP contribution in [0.5, 0.6) is 0 Å². The number of benzene rings is 1. The van der Waals surface area contributed by atoms with E-state index < -0.39 is 0 Å². The maximum absolute atomic E-state index is 12.1. The summed E-state index contributed by atoms with van der Waals surface area (Å²) in [5, 5.41) is 2.68. The van der Waals surface area contributed by atoms with Gasteiger partial charge in [-0.1, -0.05) is 12.1 Å². The molecule has 1 atom stereocenters. The van der Waals surface area contributed by atoms with Gasteiger partial charge in [0.05, 0.1) is 25.1 Å². The average molecular weight is 417 g/mol. The molecule has 1 aromatic carbocycles. The van der Waals surface area contributed by atoms with Crippen LogP contribution in [-0.2, 0) is 16.1 Å². The minimum atomic E-state index is -0.390. The summed E-state index contributed by atoms with van der Waals surface area (Å²) in [7, 11) is 0. The second-order valence-corrected chi connectivity index (χ2v) is 7.07. The van der Waals surface area contributed by atoms with E-state index in [-0.39, 0.29) is 18.1 Å². The molecule has 2 amide bonds. The zero-order valence-corrected chi connectivity index (χ0v) is 15.7. The van der Waals surface area contributed by atoms with Crippen molar-refractivity contribution in [1.82, 2.24) is 14.9 Å². The fourth-order valence-corrected chi connectivity index (χ4v) is 3.59. The van der Waals surface area contributed by atoms with Crippen molar-refractivity contribution in [2.24, 2.45) is 0 Å². The second-order valence-electron chi connectivity index (χ2n) is 6.32. The molecule has 4 rings (SSSR count). The molecule has 0 radical (unpaired) electrons. The quantitative estimate of drug-likeness (QED) is 0.830. The van der Waals surface area contributed by atoms with E-state index in [9.17, 15) is 9.59 Å². The van der Waals surface area contributed by atoms with Gasteiger partial charge >= 0.3 is 6.09 Å². The zero-order valence-electron chi connectivity index (χ0n) is 14.1. The molecule has 1 aromatic heterocycles. The van der Waals surface area contributed by atoms with E-state index in [0.29, 0.717) is 13.1 Å². The highest BCUT2D eigenvalue weighted by Crippen LogP contribution is 2.32. The summed E-state index contributed by atoms with van der Waals surface area (Å²) in [5.74, 6) is -0.138. The summed E-state index contributed by atoms with van der Waals surface area (Å²) in [5.41, 5.74) is 4.15. The van der Waals surface area contributed by atoms with Gasteiger partial charge in [0.15, 0.2) is 0 Å². The molecule has 0 aliphatic carbocycles. The van der Waals surface area contributed by atoms with Crippen LogP contribution in [0.2, 0.25) is 0 Å². The average Bonchev–Trinajstić information content (AvgIpc) is 3.29. The topological polar surface area (TPSA) is 76.5 Å². The third-order valence-corrected chi connectivity index (χ3v) is 5.10. The summed E-state index contributed by atoms with van der Waals surface area (Å²) in [6.07, 6.45) is 3.20. The molecule has 0 saturated carbocycles. The Hall–Kier alpha value is -2.61. The molecule has 0 spiro atoms. The van der Waals surface area contributed by atoms with Crippen molar-refractivity contribution in [3.05, 3.63) is 46.5 Å². The number of allylic oxidation sites excluding steroid dienone is 1. The van der Waals surface area contributed by atoms with Crippen molar-refractivity contribution >= 4 is 45.3 Å². The number of cyclic esters (lactones) is 1. The molecule has 8 heteroatoms. The van der Waals surface area contributed by atoms with Crippen LogP contribution in [0.3, 0.4) is 0 Å². The first-order valence-electron chi connectivity index (χ1n) is 8.25. The van der Waals surface area contributed by atoms with E-state index >= 15 is 0 Å². The van der Waals surface area contributed by atoms with Crippen molar-refractivity contribution in [3.63, 3.8) is 0 Å². The lowest BCUT2D eigenvalue weighted by molar-refractivity contribution is -0.119. The van der Waals surface area contributed by atoms with Crippen LogP contribution in [0.1, 0.15) is 18.2 Å². The van der Waals surface area contributed by atoms with Crippen molar-refractivity contribution < 1.29 is 14.3 Å². The number of nitrogens with zero attached hydrogens (tertiary/aromatic N) is 3. The smallest absolute Gasteiger partial charge is 0.414 e. The SMILES string of the molecule is CC(=O)NC[C@H]1CN(c2ccc(C3=Cc4c(Br)ncn4C3)cc2)C(=O)O1. The highest BCUT2D eigenvalue weighted by molar-refractivity contribution is 9.10. The normalized spacial score (nSPS) is 18.5. The number of anilines is 1. The zero-order chi connectivity index (χ0) is 18.3. The van der Waals surface area contributed by atoms with Gasteiger partial charge < -0.3 is 14.6 Å². The molecule has 2 aromatic rings. The Morgan fingerprint density at radius 1 is 1.38 bits per heavy atom. The number of hydrogen-bond acceptors (Lipinski definition) is 4.